The number of fused-ring (bicyclic) bond motifs is 2. The number of pyridine rings is 1. The summed E-state index contributed by atoms with van der Waals surface area (Å²) in [4.78, 5) is 13.7. The molecule has 0 unspecified atom stereocenters. The number of hydrogen-bond acceptors (Lipinski definition) is 7. The molecule has 1 fully saturated rings. The van der Waals surface area contributed by atoms with Crippen LogP contribution in [0.4, 0.5) is 11.6 Å². The minimum absolute atomic E-state index is 0.432. The van der Waals surface area contributed by atoms with Crippen LogP contribution in [0.25, 0.3) is 27.6 Å². The average molecular weight is 426 g/mol. The molecule has 0 aliphatic carbocycles. The fourth-order valence-corrected chi connectivity index (χ4v) is 4.28. The molecule has 9 nitrogen and oxygen atoms in total. The van der Waals surface area contributed by atoms with Crippen molar-refractivity contribution in [1.29, 1.82) is 0 Å². The Morgan fingerprint density at radius 2 is 2.00 bits per heavy atom. The first-order valence-corrected chi connectivity index (χ1v) is 10.8. The lowest BCUT2D eigenvalue weighted by Crippen LogP contribution is -2.29. The van der Waals surface area contributed by atoms with Crippen molar-refractivity contribution in [2.45, 2.75) is 25.8 Å². The van der Waals surface area contributed by atoms with Gasteiger partial charge in [0.1, 0.15) is 0 Å². The number of benzene rings is 1. The van der Waals surface area contributed by atoms with Gasteiger partial charge in [-0.1, -0.05) is 6.07 Å². The molecule has 5 heterocycles. The molecule has 4 aromatic heterocycles. The van der Waals surface area contributed by atoms with Gasteiger partial charge in [0, 0.05) is 24.0 Å². The zero-order valence-corrected chi connectivity index (χ0v) is 17.7. The Labute approximate surface area is 184 Å². The van der Waals surface area contributed by atoms with Gasteiger partial charge in [-0.25, -0.2) is 9.67 Å². The van der Waals surface area contributed by atoms with Crippen molar-refractivity contribution in [2.75, 3.05) is 18.4 Å². The van der Waals surface area contributed by atoms with Crippen LogP contribution in [0.1, 0.15) is 24.6 Å². The first-order valence-electron chi connectivity index (χ1n) is 10.8. The lowest BCUT2D eigenvalue weighted by Gasteiger charge is -2.22. The van der Waals surface area contributed by atoms with Crippen LogP contribution in [0, 0.1) is 6.92 Å². The van der Waals surface area contributed by atoms with E-state index in [-0.39, 0.29) is 0 Å². The highest BCUT2D eigenvalue weighted by atomic mass is 15.3. The Kier molecular flexibility index (Phi) is 4.53. The summed E-state index contributed by atoms with van der Waals surface area (Å²) in [5.74, 6) is 0.519. The predicted molar refractivity (Wildman–Crippen MR) is 123 cm³/mol. The van der Waals surface area contributed by atoms with Crippen molar-refractivity contribution >= 4 is 33.6 Å². The fourth-order valence-electron chi connectivity index (χ4n) is 4.28. The van der Waals surface area contributed by atoms with E-state index in [4.69, 9.17) is 10.1 Å². The molecule has 2 N–H and O–H groups in total. The number of hydrogen-bond donors (Lipinski definition) is 2. The molecule has 32 heavy (non-hydrogen) atoms. The summed E-state index contributed by atoms with van der Waals surface area (Å²) in [5.41, 5.74) is 4.41. The third-order valence-corrected chi connectivity index (χ3v) is 5.98. The molecule has 160 valence electrons. The fraction of sp³-hybridized carbons (Fsp3) is 0.261. The topological polar surface area (TPSA) is 98.4 Å². The Morgan fingerprint density at radius 1 is 1.09 bits per heavy atom. The van der Waals surface area contributed by atoms with Crippen LogP contribution in [0.3, 0.4) is 0 Å². The van der Waals surface area contributed by atoms with Crippen LogP contribution in [0.2, 0.25) is 0 Å². The first-order chi connectivity index (χ1) is 15.7. The van der Waals surface area contributed by atoms with Crippen LogP contribution in [0.15, 0.2) is 55.1 Å². The molecule has 1 aliphatic heterocycles. The monoisotopic (exact) mass is 425 g/mol. The highest BCUT2D eigenvalue weighted by molar-refractivity contribution is 5.83. The van der Waals surface area contributed by atoms with Gasteiger partial charge in [-0.05, 0) is 57.1 Å². The van der Waals surface area contributed by atoms with Gasteiger partial charge in [0.15, 0.2) is 5.65 Å². The molecule has 0 radical (unpaired) electrons. The Morgan fingerprint density at radius 3 is 2.91 bits per heavy atom. The molecule has 1 aromatic carbocycles. The second kappa shape index (κ2) is 7.69. The number of piperidine rings is 1. The highest BCUT2D eigenvalue weighted by Gasteiger charge is 2.17. The minimum atomic E-state index is 0.432. The second-order valence-corrected chi connectivity index (χ2v) is 8.12. The third kappa shape index (κ3) is 3.36. The van der Waals surface area contributed by atoms with E-state index in [2.05, 4.69) is 31.8 Å². The summed E-state index contributed by atoms with van der Waals surface area (Å²) in [7, 11) is 0. The maximum absolute atomic E-state index is 4.79. The lowest BCUT2D eigenvalue weighted by molar-refractivity contribution is 0.343. The molecule has 0 spiro atoms. The smallest absolute Gasteiger partial charge is 0.229 e. The SMILES string of the molecule is Cc1nn(-c2ccc3ncccc3c2)c2nc(Nc3cnn(C4CCNCC4)c3)ncc12. The molecule has 0 atom stereocenters. The number of nitrogens with one attached hydrogen (secondary N) is 2. The van der Waals surface area contributed by atoms with Crippen LogP contribution in [-0.2, 0) is 0 Å². The molecule has 0 bridgehead atoms. The van der Waals surface area contributed by atoms with E-state index in [0.29, 0.717) is 12.0 Å². The Bertz CT molecular complexity index is 1410. The molecule has 9 heteroatoms. The summed E-state index contributed by atoms with van der Waals surface area (Å²) in [5, 5.41) is 17.9. The molecule has 6 rings (SSSR count). The van der Waals surface area contributed by atoms with Crippen molar-refractivity contribution in [2.24, 2.45) is 0 Å². The first kappa shape index (κ1) is 18.9. The number of aromatic nitrogens is 7. The summed E-state index contributed by atoms with van der Waals surface area (Å²) in [6.07, 6.45) is 9.65. The van der Waals surface area contributed by atoms with E-state index >= 15 is 0 Å². The maximum Gasteiger partial charge on any atom is 0.229 e. The standard InChI is InChI=1S/C23H23N9/c1-15-20-13-26-23(28-17-12-27-31(14-17)18-6-9-24-10-7-18)29-22(20)32(30-15)19-4-5-21-16(11-19)3-2-8-25-21/h2-5,8,11-14,18,24H,6-7,9-10H2,1H3,(H,26,28,29). The zero-order chi connectivity index (χ0) is 21.5. The number of nitrogens with zero attached hydrogens (tertiary/aromatic N) is 7. The van der Waals surface area contributed by atoms with E-state index in [1.54, 1.807) is 6.20 Å². The van der Waals surface area contributed by atoms with Crippen LogP contribution < -0.4 is 10.6 Å². The maximum atomic E-state index is 4.79. The van der Waals surface area contributed by atoms with Crippen molar-refractivity contribution in [1.82, 2.24) is 39.8 Å². The minimum Gasteiger partial charge on any atom is -0.321 e. The van der Waals surface area contributed by atoms with Crippen molar-refractivity contribution in [3.8, 4) is 5.69 Å². The Hall–Kier alpha value is -3.85. The van der Waals surface area contributed by atoms with Gasteiger partial charge < -0.3 is 10.6 Å². The summed E-state index contributed by atoms with van der Waals surface area (Å²) in [6.45, 7) is 4.03. The van der Waals surface area contributed by atoms with Crippen LogP contribution in [0.5, 0.6) is 0 Å². The predicted octanol–water partition coefficient (Wildman–Crippen LogP) is 3.54. The Balaban J connectivity index is 1.34. The second-order valence-electron chi connectivity index (χ2n) is 8.12. The van der Waals surface area contributed by atoms with Gasteiger partial charge in [-0.15, -0.1) is 0 Å². The van der Waals surface area contributed by atoms with E-state index < -0.39 is 0 Å². The summed E-state index contributed by atoms with van der Waals surface area (Å²) < 4.78 is 3.90. The summed E-state index contributed by atoms with van der Waals surface area (Å²) in [6, 6.07) is 10.5. The van der Waals surface area contributed by atoms with Crippen LogP contribution >= 0.6 is 0 Å². The molecule has 0 saturated carbocycles. The molecule has 0 amide bonds. The van der Waals surface area contributed by atoms with Crippen LogP contribution in [-0.4, -0.2) is 47.6 Å². The summed E-state index contributed by atoms with van der Waals surface area (Å²) >= 11 is 0. The van der Waals surface area contributed by atoms with Crippen molar-refractivity contribution < 1.29 is 0 Å². The lowest BCUT2D eigenvalue weighted by atomic mass is 10.1. The normalized spacial score (nSPS) is 14.9. The van der Waals surface area contributed by atoms with E-state index in [1.165, 1.54) is 0 Å². The number of rotatable bonds is 4. The van der Waals surface area contributed by atoms with E-state index in [9.17, 15) is 0 Å². The largest absolute Gasteiger partial charge is 0.321 e. The zero-order valence-electron chi connectivity index (χ0n) is 17.7. The number of anilines is 2. The van der Waals surface area contributed by atoms with Gasteiger partial charge in [0.05, 0.1) is 40.2 Å². The van der Waals surface area contributed by atoms with Crippen molar-refractivity contribution in [3.05, 3.63) is 60.8 Å². The van der Waals surface area contributed by atoms with Gasteiger partial charge >= 0.3 is 0 Å². The van der Waals surface area contributed by atoms with E-state index in [0.717, 1.165) is 64.9 Å². The number of aryl methyl sites for hydroxylation is 1. The van der Waals surface area contributed by atoms with Gasteiger partial charge in [-0.3, -0.25) is 9.67 Å². The highest BCUT2D eigenvalue weighted by Crippen LogP contribution is 2.25. The molecule has 1 aliphatic rings. The van der Waals surface area contributed by atoms with Gasteiger partial charge in [0.25, 0.3) is 0 Å². The van der Waals surface area contributed by atoms with Gasteiger partial charge in [-0.2, -0.15) is 15.2 Å². The van der Waals surface area contributed by atoms with E-state index in [1.807, 2.05) is 59.1 Å². The molecule has 5 aromatic rings. The van der Waals surface area contributed by atoms with Crippen molar-refractivity contribution in [3.63, 3.8) is 0 Å². The van der Waals surface area contributed by atoms with Gasteiger partial charge in [0.2, 0.25) is 5.95 Å². The molecule has 1 saturated heterocycles. The average Bonchev–Trinajstić information content (AvgIpc) is 3.44. The third-order valence-electron chi connectivity index (χ3n) is 5.98. The quantitative estimate of drug-likeness (QED) is 0.454. The molecular formula is C23H23N9. The molecular weight excluding hydrogens is 402 g/mol.